The Kier molecular flexibility index (Phi) is 14.1. The first kappa shape index (κ1) is 28.0. The van der Waals surface area contributed by atoms with Crippen molar-refractivity contribution in [2.45, 2.75) is 135 Å². The fraction of sp³-hybridized carbons (Fsp3) is 0.917. The Hall–Kier alpha value is -1.08. The lowest BCUT2D eigenvalue weighted by atomic mass is 9.99. The number of ether oxygens (including phenoxy) is 3. The average molecular weight is 460 g/mol. The van der Waals surface area contributed by atoms with Gasteiger partial charge in [-0.15, -0.1) is 0 Å². The topological polar surface area (TPSA) is 77.0 Å². The van der Waals surface area contributed by atoms with Gasteiger partial charge in [0.25, 0.3) is 0 Å². The van der Waals surface area contributed by atoms with Crippen molar-refractivity contribution in [1.29, 1.82) is 0 Å². The van der Waals surface area contributed by atoms with Crippen molar-refractivity contribution in [3.05, 3.63) is 0 Å². The molecule has 1 aliphatic heterocycles. The highest BCUT2D eigenvalue weighted by Crippen LogP contribution is 2.24. The average Bonchev–Trinajstić information content (AvgIpc) is 3.06. The third kappa shape index (κ3) is 13.2. The van der Waals surface area contributed by atoms with Gasteiger partial charge in [-0.1, -0.05) is 77.6 Å². The standard InChI is InChI=1S/C24H45NO5S/c1-5-6-7-8-9-10-11-12-13-14-15-16-17-20-21(29-23(31)28-20)19(18-26)25-22(27)30-24(2,3)4/h19-21,26H,5-18H2,1-4H3,(H,25,27)/t19-,20+,21-/m0/s1. The Balaban J connectivity index is 2.22. The highest BCUT2D eigenvalue weighted by Gasteiger charge is 2.40. The SMILES string of the molecule is CCCCCCCCCCCCCC[C@H]1OC(=S)O[C@H]1[C@H](CO)NC(=O)OC(C)(C)C. The molecule has 0 spiro atoms. The number of carbonyl (C=O) groups excluding carboxylic acids is 1. The molecule has 1 fully saturated rings. The number of aliphatic hydroxyl groups is 1. The number of rotatable bonds is 16. The molecule has 0 aliphatic carbocycles. The second-order valence-corrected chi connectivity index (χ2v) is 9.94. The maximum absolute atomic E-state index is 12.1. The lowest BCUT2D eigenvalue weighted by Gasteiger charge is -2.26. The summed E-state index contributed by atoms with van der Waals surface area (Å²) >= 11 is 5.07. The van der Waals surface area contributed by atoms with Gasteiger partial charge in [-0.25, -0.2) is 4.79 Å². The van der Waals surface area contributed by atoms with Gasteiger partial charge in [0.2, 0.25) is 0 Å². The molecule has 1 amide bonds. The van der Waals surface area contributed by atoms with E-state index in [-0.39, 0.29) is 17.9 Å². The molecule has 0 unspecified atom stereocenters. The molecule has 1 aliphatic rings. The zero-order valence-corrected chi connectivity index (χ0v) is 20.9. The summed E-state index contributed by atoms with van der Waals surface area (Å²) in [5.41, 5.74) is -0.610. The second kappa shape index (κ2) is 15.7. The first-order valence-corrected chi connectivity index (χ1v) is 12.6. The number of hydrogen-bond acceptors (Lipinski definition) is 6. The van der Waals surface area contributed by atoms with Crippen LogP contribution in [-0.2, 0) is 14.2 Å². The minimum absolute atomic E-state index is 0.0818. The zero-order chi connectivity index (χ0) is 23.1. The number of nitrogens with one attached hydrogen (secondary N) is 1. The van der Waals surface area contributed by atoms with E-state index in [1.165, 1.54) is 64.2 Å². The summed E-state index contributed by atoms with van der Waals surface area (Å²) in [6.07, 6.45) is 14.9. The number of carbonyl (C=O) groups is 1. The van der Waals surface area contributed by atoms with E-state index in [9.17, 15) is 9.90 Å². The molecule has 1 rings (SSSR count). The molecule has 182 valence electrons. The van der Waals surface area contributed by atoms with Gasteiger partial charge in [0, 0.05) is 12.2 Å². The number of alkyl carbamates (subject to hydrolysis) is 1. The number of amides is 1. The number of aliphatic hydroxyl groups excluding tert-OH is 1. The predicted octanol–water partition coefficient (Wildman–Crippen LogP) is 6.03. The van der Waals surface area contributed by atoms with Crippen molar-refractivity contribution in [2.24, 2.45) is 0 Å². The van der Waals surface area contributed by atoms with Gasteiger partial charge >= 0.3 is 11.3 Å². The molecule has 7 heteroatoms. The normalized spacial score (nSPS) is 19.6. The van der Waals surface area contributed by atoms with Gasteiger partial charge in [0.15, 0.2) is 6.10 Å². The summed E-state index contributed by atoms with van der Waals surface area (Å²) < 4.78 is 16.5. The summed E-state index contributed by atoms with van der Waals surface area (Å²) in [4.78, 5) is 12.1. The Morgan fingerprint density at radius 1 is 1.00 bits per heavy atom. The quantitative estimate of drug-likeness (QED) is 0.217. The Bertz CT molecular complexity index is 509. The molecule has 0 saturated carbocycles. The van der Waals surface area contributed by atoms with Gasteiger partial charge < -0.3 is 24.6 Å². The maximum Gasteiger partial charge on any atom is 0.408 e. The second-order valence-electron chi connectivity index (χ2n) is 9.60. The van der Waals surface area contributed by atoms with Gasteiger partial charge in [-0.2, -0.15) is 0 Å². The van der Waals surface area contributed by atoms with Gasteiger partial charge in [-0.05, 0) is 33.6 Å². The molecule has 2 N–H and O–H groups in total. The first-order chi connectivity index (χ1) is 14.8. The molecule has 3 atom stereocenters. The molecule has 0 radical (unpaired) electrons. The van der Waals surface area contributed by atoms with Crippen LogP contribution in [-0.4, -0.2) is 46.9 Å². The van der Waals surface area contributed by atoms with Crippen LogP contribution in [0.1, 0.15) is 111 Å². The van der Waals surface area contributed by atoms with E-state index in [1.807, 2.05) is 0 Å². The molecule has 0 aromatic carbocycles. The van der Waals surface area contributed by atoms with E-state index in [4.69, 9.17) is 26.4 Å². The van der Waals surface area contributed by atoms with Crippen LogP contribution in [0.2, 0.25) is 0 Å². The minimum atomic E-state index is -0.627. The lowest BCUT2D eigenvalue weighted by molar-refractivity contribution is 0.0337. The van der Waals surface area contributed by atoms with E-state index < -0.39 is 23.8 Å². The highest BCUT2D eigenvalue weighted by molar-refractivity contribution is 7.79. The lowest BCUT2D eigenvalue weighted by Crippen LogP contribution is -2.50. The molecule has 1 heterocycles. The molecule has 1 saturated heterocycles. The van der Waals surface area contributed by atoms with E-state index in [0.717, 1.165) is 19.3 Å². The number of thiocarbonyl (C=S) groups is 1. The summed E-state index contributed by atoms with van der Waals surface area (Å²) in [5, 5.41) is 12.5. The summed E-state index contributed by atoms with van der Waals surface area (Å²) in [6.45, 7) is 7.36. The van der Waals surface area contributed by atoms with Gasteiger partial charge in [0.1, 0.15) is 11.7 Å². The van der Waals surface area contributed by atoms with Crippen LogP contribution in [0.5, 0.6) is 0 Å². The molecule has 0 aromatic heterocycles. The predicted molar refractivity (Wildman–Crippen MR) is 128 cm³/mol. The molecule has 6 nitrogen and oxygen atoms in total. The molecule has 0 bridgehead atoms. The molecular formula is C24H45NO5S. The molecule has 31 heavy (non-hydrogen) atoms. The zero-order valence-electron chi connectivity index (χ0n) is 20.1. The molecule has 0 aromatic rings. The Labute approximate surface area is 194 Å². The van der Waals surface area contributed by atoms with Crippen molar-refractivity contribution in [1.82, 2.24) is 5.32 Å². The van der Waals surface area contributed by atoms with Crippen LogP contribution >= 0.6 is 12.2 Å². The Morgan fingerprint density at radius 3 is 2.00 bits per heavy atom. The fourth-order valence-corrected chi connectivity index (χ4v) is 4.08. The summed E-state index contributed by atoms with van der Waals surface area (Å²) in [7, 11) is 0. The third-order valence-electron chi connectivity index (χ3n) is 5.48. The van der Waals surface area contributed by atoms with Crippen LogP contribution in [0.25, 0.3) is 0 Å². The van der Waals surface area contributed by atoms with Crippen molar-refractivity contribution >= 4 is 23.5 Å². The summed E-state index contributed by atoms with van der Waals surface area (Å²) in [5.74, 6) is 0. The molecular weight excluding hydrogens is 414 g/mol. The minimum Gasteiger partial charge on any atom is -0.450 e. The maximum atomic E-state index is 12.1. The van der Waals surface area contributed by atoms with Gasteiger partial charge in [-0.3, -0.25) is 0 Å². The highest BCUT2D eigenvalue weighted by atomic mass is 32.1. The third-order valence-corrected chi connectivity index (χ3v) is 5.68. The monoisotopic (exact) mass is 459 g/mol. The van der Waals surface area contributed by atoms with Crippen LogP contribution in [0.15, 0.2) is 0 Å². The first-order valence-electron chi connectivity index (χ1n) is 12.2. The number of unbranched alkanes of at least 4 members (excludes halogenated alkanes) is 11. The van der Waals surface area contributed by atoms with Crippen LogP contribution in [0.3, 0.4) is 0 Å². The number of hydrogen-bond donors (Lipinski definition) is 2. The van der Waals surface area contributed by atoms with Crippen LogP contribution < -0.4 is 5.32 Å². The Morgan fingerprint density at radius 2 is 1.52 bits per heavy atom. The fourth-order valence-electron chi connectivity index (χ4n) is 3.85. The van der Waals surface area contributed by atoms with E-state index in [2.05, 4.69) is 12.2 Å². The van der Waals surface area contributed by atoms with E-state index in [1.54, 1.807) is 20.8 Å². The van der Waals surface area contributed by atoms with Gasteiger partial charge in [0.05, 0.1) is 12.6 Å². The van der Waals surface area contributed by atoms with Crippen molar-refractivity contribution in [3.8, 4) is 0 Å². The largest absolute Gasteiger partial charge is 0.450 e. The van der Waals surface area contributed by atoms with Crippen LogP contribution in [0.4, 0.5) is 4.79 Å². The van der Waals surface area contributed by atoms with Crippen molar-refractivity contribution in [3.63, 3.8) is 0 Å². The van der Waals surface area contributed by atoms with Crippen LogP contribution in [0, 0.1) is 0 Å². The van der Waals surface area contributed by atoms with Crippen molar-refractivity contribution in [2.75, 3.05) is 6.61 Å². The smallest absolute Gasteiger partial charge is 0.408 e. The summed E-state index contributed by atoms with van der Waals surface area (Å²) in [6, 6.07) is -0.627. The van der Waals surface area contributed by atoms with Crippen molar-refractivity contribution < 1.29 is 24.1 Å². The van der Waals surface area contributed by atoms with E-state index >= 15 is 0 Å². The van der Waals surface area contributed by atoms with E-state index in [0.29, 0.717) is 0 Å².